The van der Waals surface area contributed by atoms with Crippen LogP contribution in [0.5, 0.6) is 0 Å². The van der Waals surface area contributed by atoms with E-state index in [0.717, 1.165) is 0 Å². The molecule has 0 aromatic carbocycles. The predicted molar refractivity (Wildman–Crippen MR) is 157 cm³/mol. The Morgan fingerprint density at radius 2 is 1.95 bits per heavy atom. The Morgan fingerprint density at radius 3 is 2.54 bits per heavy atom. The van der Waals surface area contributed by atoms with Gasteiger partial charge in [0.25, 0.3) is 11.8 Å². The van der Waals surface area contributed by atoms with Gasteiger partial charge in [-0.05, 0) is 37.7 Å². The number of rotatable bonds is 8. The highest BCUT2D eigenvalue weighted by Gasteiger charge is 2.30. The van der Waals surface area contributed by atoms with Crippen LogP contribution in [0.15, 0.2) is 52.6 Å². The van der Waals surface area contributed by atoms with Crippen molar-refractivity contribution in [2.24, 2.45) is 10.9 Å². The highest BCUT2D eigenvalue weighted by atomic mass is 32.2. The van der Waals surface area contributed by atoms with Gasteiger partial charge in [-0.25, -0.2) is 4.79 Å². The fourth-order valence-corrected chi connectivity index (χ4v) is 4.14. The fraction of sp³-hybridized carbons (Fsp3) is 0.481. The smallest absolute Gasteiger partial charge is 0.329 e. The summed E-state index contributed by atoms with van der Waals surface area (Å²) in [5.41, 5.74) is 0.000437. The van der Waals surface area contributed by atoms with Crippen LogP contribution < -0.4 is 16.0 Å². The van der Waals surface area contributed by atoms with Gasteiger partial charge in [0.05, 0.1) is 13.0 Å². The summed E-state index contributed by atoms with van der Waals surface area (Å²) >= 11 is 2.55. The summed E-state index contributed by atoms with van der Waals surface area (Å²) < 4.78 is 5.62. The molecule has 1 aliphatic heterocycles. The second-order valence-corrected chi connectivity index (χ2v) is 10.8. The first-order valence-electron chi connectivity index (χ1n) is 12.5. The SMILES string of the molecule is C=C/C(=C\C1=N/CCNC(=O)C[C@@H](/C=C/CCSC(C)=O)OC(=O)[C@H](C(C)C)NC(=O)/C(=C/C)NC1=O)SC. The Balaban J connectivity index is 3.33. The minimum Gasteiger partial charge on any atom is -0.456 e. The number of aliphatic imine (C=N–C) groups is 1. The monoisotopic (exact) mass is 578 g/mol. The van der Waals surface area contributed by atoms with Crippen molar-refractivity contribution in [3.05, 3.63) is 47.6 Å². The number of allylic oxidation sites excluding steroid dienone is 3. The van der Waals surface area contributed by atoms with Crippen molar-refractivity contribution >= 4 is 58.0 Å². The van der Waals surface area contributed by atoms with Crippen molar-refractivity contribution in [2.75, 3.05) is 25.1 Å². The van der Waals surface area contributed by atoms with Gasteiger partial charge < -0.3 is 20.7 Å². The second kappa shape index (κ2) is 18.2. The number of carbonyl (C=O) groups excluding carboxylic acids is 5. The van der Waals surface area contributed by atoms with Crippen LogP contribution >= 0.6 is 23.5 Å². The minimum absolute atomic E-state index is 0.00147. The summed E-state index contributed by atoms with van der Waals surface area (Å²) in [5, 5.41) is 7.91. The summed E-state index contributed by atoms with van der Waals surface area (Å²) in [7, 11) is 0. The Bertz CT molecular complexity index is 1050. The number of nitrogens with zero attached hydrogens (tertiary/aromatic N) is 1. The van der Waals surface area contributed by atoms with Gasteiger partial charge in [-0.2, -0.15) is 0 Å². The van der Waals surface area contributed by atoms with E-state index < -0.39 is 29.9 Å². The normalized spacial score (nSPS) is 23.1. The molecule has 214 valence electrons. The number of hydrogen-bond donors (Lipinski definition) is 3. The van der Waals surface area contributed by atoms with Crippen LogP contribution in [0.4, 0.5) is 0 Å². The van der Waals surface area contributed by atoms with Gasteiger partial charge in [0.1, 0.15) is 23.6 Å². The van der Waals surface area contributed by atoms with Gasteiger partial charge in [-0.3, -0.25) is 24.2 Å². The third kappa shape index (κ3) is 13.0. The third-order valence-corrected chi connectivity index (χ3v) is 6.85. The van der Waals surface area contributed by atoms with Gasteiger partial charge in [0.15, 0.2) is 5.12 Å². The number of carbonyl (C=O) groups is 5. The van der Waals surface area contributed by atoms with Crippen LogP contribution in [0.2, 0.25) is 0 Å². The molecule has 0 aromatic rings. The fourth-order valence-electron chi connectivity index (χ4n) is 3.20. The molecule has 3 amide bonds. The summed E-state index contributed by atoms with van der Waals surface area (Å²) in [6.07, 6.45) is 9.25. The lowest BCUT2D eigenvalue weighted by molar-refractivity contribution is -0.153. The maximum Gasteiger partial charge on any atom is 0.329 e. The number of hydrogen-bond acceptors (Lipinski definition) is 9. The molecule has 0 aliphatic carbocycles. The highest BCUT2D eigenvalue weighted by molar-refractivity contribution is 8.13. The van der Waals surface area contributed by atoms with Crippen LogP contribution in [0.25, 0.3) is 0 Å². The number of thioether (sulfide) groups is 2. The van der Waals surface area contributed by atoms with E-state index in [0.29, 0.717) is 17.1 Å². The Labute approximate surface area is 238 Å². The molecule has 1 aliphatic rings. The topological polar surface area (TPSA) is 143 Å². The molecule has 0 unspecified atom stereocenters. The summed E-state index contributed by atoms with van der Waals surface area (Å²) in [6, 6.07) is -1.04. The van der Waals surface area contributed by atoms with Crippen molar-refractivity contribution in [3.8, 4) is 0 Å². The number of cyclic esters (lactones) is 1. The number of esters is 1. The average molecular weight is 579 g/mol. The van der Waals surface area contributed by atoms with Gasteiger partial charge in [-0.1, -0.05) is 50.4 Å². The van der Waals surface area contributed by atoms with Gasteiger partial charge >= 0.3 is 5.97 Å². The van der Waals surface area contributed by atoms with Crippen LogP contribution in [0, 0.1) is 5.92 Å². The highest BCUT2D eigenvalue weighted by Crippen LogP contribution is 2.14. The predicted octanol–water partition coefficient (Wildman–Crippen LogP) is 2.68. The van der Waals surface area contributed by atoms with E-state index >= 15 is 0 Å². The van der Waals surface area contributed by atoms with E-state index in [2.05, 4.69) is 27.5 Å². The molecule has 0 bridgehead atoms. The molecule has 0 spiro atoms. The summed E-state index contributed by atoms with van der Waals surface area (Å²) in [4.78, 5) is 67.9. The van der Waals surface area contributed by atoms with E-state index in [4.69, 9.17) is 4.74 Å². The summed E-state index contributed by atoms with van der Waals surface area (Å²) in [5.74, 6) is -2.18. The molecule has 1 heterocycles. The summed E-state index contributed by atoms with van der Waals surface area (Å²) in [6.45, 7) is 10.5. The lowest BCUT2D eigenvalue weighted by atomic mass is 10.0. The molecule has 0 saturated heterocycles. The van der Waals surface area contributed by atoms with Crippen molar-refractivity contribution in [1.29, 1.82) is 0 Å². The standard InChI is InChI=1S/C27H38N4O6S2/c1-7-20(38-6)16-22-26(35)30-21(8-2)25(34)31-24(17(3)4)27(36)37-19(11-9-10-14-39-18(5)32)15-23(33)29-13-12-28-22/h7-9,11,16-17,19,24H,1,10,12-15H2,2-6H3,(H,29,33)(H,30,35)(H,31,34)/b11-9+,20-16+,21-8-,28-22+/t19-,24+/m1/s1. The van der Waals surface area contributed by atoms with Gasteiger partial charge in [-0.15, -0.1) is 11.8 Å². The van der Waals surface area contributed by atoms with Crippen molar-refractivity contribution < 1.29 is 28.7 Å². The molecule has 3 N–H and O–H groups in total. The molecule has 0 aromatic heterocycles. The van der Waals surface area contributed by atoms with Gasteiger partial charge in [0, 0.05) is 24.1 Å². The molecular formula is C27H38N4O6S2. The number of ether oxygens (including phenoxy) is 1. The zero-order chi connectivity index (χ0) is 29.4. The largest absolute Gasteiger partial charge is 0.456 e. The molecule has 10 nitrogen and oxygen atoms in total. The van der Waals surface area contributed by atoms with Crippen molar-refractivity contribution in [2.45, 2.75) is 52.7 Å². The van der Waals surface area contributed by atoms with Gasteiger partial charge in [0.2, 0.25) is 5.91 Å². The first-order valence-corrected chi connectivity index (χ1v) is 14.7. The van der Waals surface area contributed by atoms with E-state index in [1.54, 1.807) is 45.1 Å². The van der Waals surface area contributed by atoms with Crippen molar-refractivity contribution in [1.82, 2.24) is 16.0 Å². The molecule has 39 heavy (non-hydrogen) atoms. The molecule has 0 fully saturated rings. The van der Waals surface area contributed by atoms with Crippen LogP contribution in [0.3, 0.4) is 0 Å². The molecule has 12 heteroatoms. The third-order valence-electron chi connectivity index (χ3n) is 5.25. The average Bonchev–Trinajstić information content (AvgIpc) is 2.88. The number of amides is 3. The van der Waals surface area contributed by atoms with Crippen LogP contribution in [-0.2, 0) is 28.7 Å². The zero-order valence-corrected chi connectivity index (χ0v) is 24.7. The van der Waals surface area contributed by atoms with Crippen LogP contribution in [0.1, 0.15) is 40.5 Å². The maximum atomic E-state index is 13.1. The minimum atomic E-state index is -1.04. The van der Waals surface area contributed by atoms with E-state index in [1.165, 1.54) is 36.5 Å². The van der Waals surface area contributed by atoms with E-state index in [1.807, 2.05) is 6.26 Å². The molecule has 0 saturated carbocycles. The van der Waals surface area contributed by atoms with Crippen LogP contribution in [-0.4, -0.2) is 71.8 Å². The Morgan fingerprint density at radius 1 is 1.23 bits per heavy atom. The lowest BCUT2D eigenvalue weighted by Gasteiger charge is -2.24. The van der Waals surface area contributed by atoms with Crippen molar-refractivity contribution in [3.63, 3.8) is 0 Å². The number of nitrogens with one attached hydrogen (secondary N) is 3. The van der Waals surface area contributed by atoms with E-state index in [9.17, 15) is 24.0 Å². The molecule has 2 atom stereocenters. The first kappa shape index (κ1) is 33.9. The molecule has 0 radical (unpaired) electrons. The Kier molecular flexibility index (Phi) is 15.8. The zero-order valence-electron chi connectivity index (χ0n) is 23.1. The first-order chi connectivity index (χ1) is 18.5. The quantitative estimate of drug-likeness (QED) is 0.131. The lowest BCUT2D eigenvalue weighted by Crippen LogP contribution is -2.49. The molecule has 1 rings (SSSR count). The maximum absolute atomic E-state index is 13.1. The second-order valence-electron chi connectivity index (χ2n) is 8.66. The Hall–Kier alpha value is -3.12. The molecular weight excluding hydrogens is 540 g/mol. The van der Waals surface area contributed by atoms with E-state index in [-0.39, 0.29) is 47.9 Å².